The summed E-state index contributed by atoms with van der Waals surface area (Å²) < 4.78 is 0. The highest BCUT2D eigenvalue weighted by Crippen LogP contribution is 2.05. The van der Waals surface area contributed by atoms with E-state index >= 15 is 0 Å². The number of aliphatic imine (C=N–C) groups is 1. The van der Waals surface area contributed by atoms with E-state index in [1.807, 2.05) is 0 Å². The molecule has 0 heterocycles. The maximum Gasteiger partial charge on any atom is 0.0388 e. The molecule has 0 radical (unpaired) electrons. The monoisotopic (exact) mass is 169 g/mol. The second kappa shape index (κ2) is 7.33. The van der Waals surface area contributed by atoms with Crippen LogP contribution in [0.1, 0.15) is 53.4 Å². The Balaban J connectivity index is 3.21. The summed E-state index contributed by atoms with van der Waals surface area (Å²) in [7, 11) is 0. The van der Waals surface area contributed by atoms with E-state index in [9.17, 15) is 0 Å². The van der Waals surface area contributed by atoms with Gasteiger partial charge in [0.25, 0.3) is 0 Å². The maximum atomic E-state index is 4.46. The molecule has 0 spiro atoms. The lowest BCUT2D eigenvalue weighted by Gasteiger charge is -2.02. The van der Waals surface area contributed by atoms with Crippen molar-refractivity contribution in [1.82, 2.24) is 0 Å². The summed E-state index contributed by atoms with van der Waals surface area (Å²) in [6.45, 7) is 9.86. The third-order valence-corrected chi connectivity index (χ3v) is 2.08. The summed E-state index contributed by atoms with van der Waals surface area (Å²) in [6.07, 6.45) is 5.04. The average molecular weight is 169 g/mol. The number of nitrogens with zero attached hydrogens (tertiary/aromatic N) is 1. The van der Waals surface area contributed by atoms with Crippen LogP contribution in [0.25, 0.3) is 0 Å². The molecule has 0 atom stereocenters. The first kappa shape index (κ1) is 11.7. The zero-order valence-electron chi connectivity index (χ0n) is 9.06. The highest BCUT2D eigenvalue weighted by molar-refractivity contribution is 5.81. The summed E-state index contributed by atoms with van der Waals surface area (Å²) >= 11 is 0. The zero-order valence-corrected chi connectivity index (χ0v) is 9.06. The SMILES string of the molecule is CCC(C)=NCCCCC(C)C. The van der Waals surface area contributed by atoms with Crippen molar-refractivity contribution < 1.29 is 0 Å². The quantitative estimate of drug-likeness (QED) is 0.425. The minimum Gasteiger partial charge on any atom is -0.294 e. The molecule has 0 aliphatic rings. The fourth-order valence-electron chi connectivity index (χ4n) is 1.05. The molecule has 0 bridgehead atoms. The topological polar surface area (TPSA) is 12.4 Å². The molecule has 0 unspecified atom stereocenters. The van der Waals surface area contributed by atoms with Crippen LogP contribution >= 0.6 is 0 Å². The smallest absolute Gasteiger partial charge is 0.0388 e. The van der Waals surface area contributed by atoms with Crippen molar-refractivity contribution in [2.45, 2.75) is 53.4 Å². The van der Waals surface area contributed by atoms with Crippen molar-refractivity contribution in [3.8, 4) is 0 Å². The Morgan fingerprint density at radius 3 is 2.42 bits per heavy atom. The van der Waals surface area contributed by atoms with E-state index in [1.54, 1.807) is 0 Å². The van der Waals surface area contributed by atoms with Crippen molar-refractivity contribution in [3.63, 3.8) is 0 Å². The largest absolute Gasteiger partial charge is 0.294 e. The Morgan fingerprint density at radius 1 is 1.25 bits per heavy atom. The molecular formula is C11H23N. The van der Waals surface area contributed by atoms with E-state index in [0.29, 0.717) is 0 Å². The summed E-state index contributed by atoms with van der Waals surface area (Å²) in [5.41, 5.74) is 1.29. The zero-order chi connectivity index (χ0) is 9.40. The van der Waals surface area contributed by atoms with Crippen LogP contribution in [0.15, 0.2) is 4.99 Å². The Morgan fingerprint density at radius 2 is 1.92 bits per heavy atom. The first-order chi connectivity index (χ1) is 5.66. The van der Waals surface area contributed by atoms with Crippen LogP contribution in [-0.2, 0) is 0 Å². The van der Waals surface area contributed by atoms with Gasteiger partial charge < -0.3 is 0 Å². The fourth-order valence-corrected chi connectivity index (χ4v) is 1.05. The number of hydrogen-bond acceptors (Lipinski definition) is 1. The predicted octanol–water partition coefficient (Wildman–Crippen LogP) is 3.68. The van der Waals surface area contributed by atoms with Crippen molar-refractivity contribution in [2.24, 2.45) is 10.9 Å². The first-order valence-corrected chi connectivity index (χ1v) is 5.16. The molecule has 0 rings (SSSR count). The van der Waals surface area contributed by atoms with E-state index in [4.69, 9.17) is 0 Å². The van der Waals surface area contributed by atoms with Crippen molar-refractivity contribution in [3.05, 3.63) is 0 Å². The molecule has 0 aromatic carbocycles. The van der Waals surface area contributed by atoms with Gasteiger partial charge in [0.05, 0.1) is 0 Å². The Bertz CT molecular complexity index is 125. The van der Waals surface area contributed by atoms with Crippen LogP contribution in [-0.4, -0.2) is 12.3 Å². The molecule has 0 saturated carbocycles. The molecule has 12 heavy (non-hydrogen) atoms. The molecule has 0 aromatic rings. The molecule has 0 saturated heterocycles. The van der Waals surface area contributed by atoms with Crippen LogP contribution in [0.3, 0.4) is 0 Å². The van der Waals surface area contributed by atoms with E-state index in [2.05, 4.69) is 32.7 Å². The van der Waals surface area contributed by atoms with E-state index in [1.165, 1.54) is 25.0 Å². The lowest BCUT2D eigenvalue weighted by atomic mass is 10.1. The van der Waals surface area contributed by atoms with Gasteiger partial charge in [0.1, 0.15) is 0 Å². The van der Waals surface area contributed by atoms with Gasteiger partial charge in [0.15, 0.2) is 0 Å². The number of hydrogen-bond donors (Lipinski definition) is 0. The lowest BCUT2D eigenvalue weighted by molar-refractivity contribution is 0.541. The fraction of sp³-hybridized carbons (Fsp3) is 0.909. The molecule has 1 nitrogen and oxygen atoms in total. The van der Waals surface area contributed by atoms with Gasteiger partial charge in [0.2, 0.25) is 0 Å². The van der Waals surface area contributed by atoms with Crippen LogP contribution in [0, 0.1) is 5.92 Å². The predicted molar refractivity (Wildman–Crippen MR) is 57.0 cm³/mol. The van der Waals surface area contributed by atoms with Gasteiger partial charge in [-0.25, -0.2) is 0 Å². The van der Waals surface area contributed by atoms with Crippen molar-refractivity contribution in [1.29, 1.82) is 0 Å². The molecule has 0 N–H and O–H groups in total. The molecular weight excluding hydrogens is 146 g/mol. The van der Waals surface area contributed by atoms with E-state index < -0.39 is 0 Å². The van der Waals surface area contributed by atoms with Gasteiger partial charge in [-0.05, 0) is 25.7 Å². The normalized spacial score (nSPS) is 12.6. The lowest BCUT2D eigenvalue weighted by Crippen LogP contribution is -1.92. The van der Waals surface area contributed by atoms with Gasteiger partial charge in [0, 0.05) is 12.3 Å². The third kappa shape index (κ3) is 7.77. The van der Waals surface area contributed by atoms with Crippen LogP contribution in [0.5, 0.6) is 0 Å². The summed E-state index contributed by atoms with van der Waals surface area (Å²) in [4.78, 5) is 4.46. The minimum absolute atomic E-state index is 0.848. The Hall–Kier alpha value is -0.330. The number of rotatable bonds is 6. The highest BCUT2D eigenvalue weighted by atomic mass is 14.7. The molecule has 0 fully saturated rings. The molecule has 0 aliphatic carbocycles. The third-order valence-electron chi connectivity index (χ3n) is 2.08. The van der Waals surface area contributed by atoms with E-state index in [0.717, 1.165) is 18.9 Å². The van der Waals surface area contributed by atoms with Gasteiger partial charge in [-0.3, -0.25) is 4.99 Å². The maximum absolute atomic E-state index is 4.46. The van der Waals surface area contributed by atoms with Gasteiger partial charge in [-0.1, -0.05) is 33.6 Å². The van der Waals surface area contributed by atoms with Crippen molar-refractivity contribution >= 4 is 5.71 Å². The summed E-state index contributed by atoms with van der Waals surface area (Å²) in [5, 5.41) is 0. The summed E-state index contributed by atoms with van der Waals surface area (Å²) in [5.74, 6) is 0.848. The van der Waals surface area contributed by atoms with Gasteiger partial charge in [-0.15, -0.1) is 0 Å². The molecule has 0 amide bonds. The Kier molecular flexibility index (Phi) is 7.12. The van der Waals surface area contributed by atoms with Crippen molar-refractivity contribution in [2.75, 3.05) is 6.54 Å². The van der Waals surface area contributed by atoms with Crippen LogP contribution < -0.4 is 0 Å². The molecule has 72 valence electrons. The standard InChI is InChI=1S/C11H23N/c1-5-11(4)12-9-7-6-8-10(2)3/h10H,5-9H2,1-4H3. The molecule has 0 aliphatic heterocycles. The highest BCUT2D eigenvalue weighted by Gasteiger charge is 1.93. The van der Waals surface area contributed by atoms with Crippen LogP contribution in [0.4, 0.5) is 0 Å². The molecule has 1 heteroatoms. The van der Waals surface area contributed by atoms with Crippen LogP contribution in [0.2, 0.25) is 0 Å². The molecule has 0 aromatic heterocycles. The second-order valence-corrected chi connectivity index (χ2v) is 3.86. The second-order valence-electron chi connectivity index (χ2n) is 3.86. The Labute approximate surface area is 77.3 Å². The average Bonchev–Trinajstić information content (AvgIpc) is 2.03. The van der Waals surface area contributed by atoms with Gasteiger partial charge >= 0.3 is 0 Å². The summed E-state index contributed by atoms with van der Waals surface area (Å²) in [6, 6.07) is 0. The van der Waals surface area contributed by atoms with E-state index in [-0.39, 0.29) is 0 Å². The van der Waals surface area contributed by atoms with Gasteiger partial charge in [-0.2, -0.15) is 0 Å². The first-order valence-electron chi connectivity index (χ1n) is 5.16. The number of unbranched alkanes of at least 4 members (excludes halogenated alkanes) is 1. The minimum atomic E-state index is 0.848.